The number of aromatic nitrogens is 1. The zero-order valence-electron chi connectivity index (χ0n) is 34.4. The van der Waals surface area contributed by atoms with Gasteiger partial charge in [-0.25, -0.2) is 0 Å². The van der Waals surface area contributed by atoms with Crippen molar-refractivity contribution in [2.75, 3.05) is 4.90 Å². The fraction of sp³-hybridized carbons (Fsp3) is 0. The minimum Gasteiger partial charge on any atom is -0.454 e. The molecule has 296 valence electrons. The first-order chi connectivity index (χ1) is 31.3. The lowest BCUT2D eigenvalue weighted by Gasteiger charge is -2.29. The molecule has 0 fully saturated rings. The number of para-hydroxylation sites is 5. The summed E-state index contributed by atoms with van der Waals surface area (Å²) in [6.07, 6.45) is 0. The lowest BCUT2D eigenvalue weighted by atomic mass is 9.88. The summed E-state index contributed by atoms with van der Waals surface area (Å²) in [5.74, 6) is 0. The highest BCUT2D eigenvalue weighted by Gasteiger charge is 2.24. The summed E-state index contributed by atoms with van der Waals surface area (Å²) in [7, 11) is 0. The highest BCUT2D eigenvalue weighted by molar-refractivity contribution is 6.16. The van der Waals surface area contributed by atoms with Gasteiger partial charge in [0.2, 0.25) is 0 Å². The van der Waals surface area contributed by atoms with Crippen LogP contribution in [0.4, 0.5) is 17.1 Å². The van der Waals surface area contributed by atoms with Gasteiger partial charge >= 0.3 is 0 Å². The fourth-order valence-electron chi connectivity index (χ4n) is 9.68. The highest BCUT2D eigenvalue weighted by atomic mass is 16.3. The Labute approximate surface area is 366 Å². The average molecular weight is 805 g/mol. The van der Waals surface area contributed by atoms with E-state index >= 15 is 0 Å². The molecular weight excluding hydrogens is 765 g/mol. The zero-order chi connectivity index (χ0) is 41.7. The predicted octanol–water partition coefficient (Wildman–Crippen LogP) is 16.8. The molecular formula is C60H40N2O. The second-order valence-corrected chi connectivity index (χ2v) is 16.0. The van der Waals surface area contributed by atoms with E-state index in [0.717, 1.165) is 61.4 Å². The fourth-order valence-corrected chi connectivity index (χ4v) is 9.68. The van der Waals surface area contributed by atoms with Crippen molar-refractivity contribution in [2.24, 2.45) is 0 Å². The van der Waals surface area contributed by atoms with E-state index in [1.54, 1.807) is 0 Å². The van der Waals surface area contributed by atoms with Gasteiger partial charge in [0.15, 0.2) is 5.58 Å². The van der Waals surface area contributed by atoms with Crippen molar-refractivity contribution < 1.29 is 4.42 Å². The van der Waals surface area contributed by atoms with Crippen LogP contribution in [-0.4, -0.2) is 4.57 Å². The Kier molecular flexibility index (Phi) is 8.83. The van der Waals surface area contributed by atoms with Crippen molar-refractivity contribution >= 4 is 60.8 Å². The maximum absolute atomic E-state index is 6.83. The first kappa shape index (κ1) is 36.5. The molecule has 0 saturated carbocycles. The number of fused-ring (bicyclic) bond motifs is 6. The Morgan fingerprint density at radius 3 is 1.67 bits per heavy atom. The minimum absolute atomic E-state index is 0.842. The lowest BCUT2D eigenvalue weighted by molar-refractivity contribution is 0.669. The second-order valence-electron chi connectivity index (χ2n) is 16.0. The van der Waals surface area contributed by atoms with Gasteiger partial charge in [0.1, 0.15) is 5.58 Å². The maximum Gasteiger partial charge on any atom is 0.159 e. The van der Waals surface area contributed by atoms with Crippen LogP contribution in [0.15, 0.2) is 247 Å². The van der Waals surface area contributed by atoms with Gasteiger partial charge in [-0.15, -0.1) is 0 Å². The number of hydrogen-bond donors (Lipinski definition) is 0. The molecule has 0 radical (unpaired) electrons. The molecule has 0 bridgehead atoms. The molecule has 3 heteroatoms. The average Bonchev–Trinajstić information content (AvgIpc) is 3.92. The first-order valence-electron chi connectivity index (χ1n) is 21.5. The molecule has 0 aliphatic rings. The first-order valence-corrected chi connectivity index (χ1v) is 21.5. The molecule has 12 rings (SSSR count). The van der Waals surface area contributed by atoms with Gasteiger partial charge in [-0.2, -0.15) is 0 Å². The van der Waals surface area contributed by atoms with Crippen LogP contribution < -0.4 is 4.90 Å². The minimum atomic E-state index is 0.842. The molecule has 12 aromatic rings. The molecule has 2 heterocycles. The van der Waals surface area contributed by atoms with Crippen molar-refractivity contribution in [3.63, 3.8) is 0 Å². The predicted molar refractivity (Wildman–Crippen MR) is 264 cm³/mol. The normalized spacial score (nSPS) is 11.5. The summed E-state index contributed by atoms with van der Waals surface area (Å²) in [5.41, 5.74) is 17.6. The van der Waals surface area contributed by atoms with Gasteiger partial charge in [-0.3, -0.25) is 0 Å². The van der Waals surface area contributed by atoms with E-state index in [1.807, 2.05) is 6.07 Å². The topological polar surface area (TPSA) is 21.3 Å². The summed E-state index contributed by atoms with van der Waals surface area (Å²) in [5, 5.41) is 4.63. The van der Waals surface area contributed by atoms with E-state index in [-0.39, 0.29) is 0 Å². The Morgan fingerprint density at radius 1 is 0.333 bits per heavy atom. The summed E-state index contributed by atoms with van der Waals surface area (Å²) in [4.78, 5) is 2.40. The smallest absolute Gasteiger partial charge is 0.159 e. The molecule has 0 N–H and O–H groups in total. The van der Waals surface area contributed by atoms with Gasteiger partial charge in [0, 0.05) is 38.5 Å². The summed E-state index contributed by atoms with van der Waals surface area (Å²) in [6, 6.07) is 87.0. The van der Waals surface area contributed by atoms with Crippen LogP contribution >= 0.6 is 0 Å². The quantitative estimate of drug-likeness (QED) is 0.153. The van der Waals surface area contributed by atoms with E-state index in [1.165, 1.54) is 49.6 Å². The lowest BCUT2D eigenvalue weighted by Crippen LogP contribution is -2.12. The molecule has 0 saturated heterocycles. The van der Waals surface area contributed by atoms with Crippen molar-refractivity contribution in [3.05, 3.63) is 243 Å². The molecule has 0 aliphatic heterocycles. The molecule has 0 aliphatic carbocycles. The maximum atomic E-state index is 6.83. The number of benzene rings is 10. The third kappa shape index (κ3) is 6.13. The SMILES string of the molecule is c1ccc(-c2ccccc2-c2ccccc2-c2ccccc2N(c2cccc(-c3cccc4c3c3ccccc3n4-c3ccccc3)c2)c2cccc3c2oc2ccccc23)cc1. The van der Waals surface area contributed by atoms with Gasteiger partial charge in [-0.1, -0.05) is 188 Å². The van der Waals surface area contributed by atoms with Gasteiger partial charge in [0.25, 0.3) is 0 Å². The van der Waals surface area contributed by atoms with E-state index in [0.29, 0.717) is 0 Å². The second kappa shape index (κ2) is 15.3. The number of anilines is 3. The summed E-state index contributed by atoms with van der Waals surface area (Å²) < 4.78 is 9.22. The van der Waals surface area contributed by atoms with Crippen LogP contribution in [0, 0.1) is 0 Å². The number of furan rings is 1. The Bertz CT molecular complexity index is 3640. The molecule has 10 aromatic carbocycles. The monoisotopic (exact) mass is 804 g/mol. The van der Waals surface area contributed by atoms with E-state index in [9.17, 15) is 0 Å². The van der Waals surface area contributed by atoms with Gasteiger partial charge < -0.3 is 13.9 Å². The van der Waals surface area contributed by atoms with Crippen molar-refractivity contribution in [1.29, 1.82) is 0 Å². The Morgan fingerprint density at radius 2 is 0.857 bits per heavy atom. The number of rotatable bonds is 8. The largest absolute Gasteiger partial charge is 0.454 e. The molecule has 2 aromatic heterocycles. The van der Waals surface area contributed by atoms with Crippen LogP contribution in [0.3, 0.4) is 0 Å². The highest BCUT2D eigenvalue weighted by Crippen LogP contribution is 2.49. The summed E-state index contributed by atoms with van der Waals surface area (Å²) in [6.45, 7) is 0. The molecule has 0 atom stereocenters. The van der Waals surface area contributed by atoms with E-state index in [4.69, 9.17) is 4.42 Å². The molecule has 3 nitrogen and oxygen atoms in total. The number of hydrogen-bond acceptors (Lipinski definition) is 2. The number of nitrogens with zero attached hydrogens (tertiary/aromatic N) is 2. The molecule has 0 amide bonds. The van der Waals surface area contributed by atoms with Crippen molar-refractivity contribution in [2.45, 2.75) is 0 Å². The zero-order valence-corrected chi connectivity index (χ0v) is 34.4. The van der Waals surface area contributed by atoms with Crippen LogP contribution in [0.5, 0.6) is 0 Å². The van der Waals surface area contributed by atoms with E-state index in [2.05, 4.69) is 246 Å². The van der Waals surface area contributed by atoms with Crippen LogP contribution in [-0.2, 0) is 0 Å². The van der Waals surface area contributed by atoms with Crippen LogP contribution in [0.1, 0.15) is 0 Å². The molecule has 63 heavy (non-hydrogen) atoms. The third-order valence-corrected chi connectivity index (χ3v) is 12.4. The van der Waals surface area contributed by atoms with Crippen molar-refractivity contribution in [1.82, 2.24) is 4.57 Å². The molecule has 0 spiro atoms. The Hall–Kier alpha value is -8.40. The van der Waals surface area contributed by atoms with Crippen molar-refractivity contribution in [3.8, 4) is 50.2 Å². The standard InChI is InChI=1S/C60H40N2O/c1-3-20-41(21-4-1)45-26-7-8-27-47(45)48-28-9-10-29-49(48)50-30-11-14-35-54(50)62(57-38-19-34-52-51-31-13-16-39-58(51)63-60(52)57)44-25-17-22-42(40-44)46-33-18-37-56-59(46)53-32-12-15-36-55(53)61(56)43-23-5-2-6-24-43/h1-40H. The van der Waals surface area contributed by atoms with Crippen LogP contribution in [0.2, 0.25) is 0 Å². The van der Waals surface area contributed by atoms with Gasteiger partial charge in [0.05, 0.1) is 22.4 Å². The third-order valence-electron chi connectivity index (χ3n) is 12.4. The molecule has 0 unspecified atom stereocenters. The Balaban J connectivity index is 1.10. The van der Waals surface area contributed by atoms with Gasteiger partial charge in [-0.05, 0) is 93.5 Å². The van der Waals surface area contributed by atoms with Crippen LogP contribution in [0.25, 0.3) is 93.9 Å². The van der Waals surface area contributed by atoms with E-state index < -0.39 is 0 Å². The summed E-state index contributed by atoms with van der Waals surface area (Å²) >= 11 is 0.